The zero-order valence-electron chi connectivity index (χ0n) is 10.9. The van der Waals surface area contributed by atoms with Gasteiger partial charge < -0.3 is 10.5 Å². The van der Waals surface area contributed by atoms with Gasteiger partial charge in [0, 0.05) is 11.3 Å². The number of nitrogens with zero attached hydrogens (tertiary/aromatic N) is 1. The quantitative estimate of drug-likeness (QED) is 0.848. The Morgan fingerprint density at radius 1 is 1.42 bits per heavy atom. The zero-order chi connectivity index (χ0) is 13.4. The van der Waals surface area contributed by atoms with E-state index >= 15 is 0 Å². The molecule has 3 nitrogen and oxygen atoms in total. The topological polar surface area (TPSA) is 59.0 Å². The Bertz CT molecular complexity index is 618. The highest BCUT2D eigenvalue weighted by Crippen LogP contribution is 2.46. The predicted octanol–water partition coefficient (Wildman–Crippen LogP) is 3.69. The summed E-state index contributed by atoms with van der Waals surface area (Å²) in [5, 5.41) is 11.5. The van der Waals surface area contributed by atoms with Gasteiger partial charge in [-0.05, 0) is 48.8 Å². The second-order valence-electron chi connectivity index (χ2n) is 5.05. The van der Waals surface area contributed by atoms with Gasteiger partial charge in [0.1, 0.15) is 17.4 Å². The molecular formula is C15H16N2OS. The highest BCUT2D eigenvalue weighted by atomic mass is 32.1. The van der Waals surface area contributed by atoms with Crippen molar-refractivity contribution in [2.75, 3.05) is 0 Å². The molecule has 0 amide bonds. The number of hydrogen-bond donors (Lipinski definition) is 1. The predicted molar refractivity (Wildman–Crippen MR) is 75.2 cm³/mol. The van der Waals surface area contributed by atoms with Crippen LogP contribution in [0.3, 0.4) is 0 Å². The van der Waals surface area contributed by atoms with Gasteiger partial charge in [-0.15, -0.1) is 11.3 Å². The van der Waals surface area contributed by atoms with Gasteiger partial charge in [0.05, 0.1) is 5.92 Å². The number of nitrogens with two attached hydrogens (primary N) is 1. The number of nitriles is 1. The number of aryl methyl sites for hydroxylation is 1. The normalized spacial score (nSPS) is 22.8. The van der Waals surface area contributed by atoms with Crippen LogP contribution in [0.25, 0.3) is 0 Å². The van der Waals surface area contributed by atoms with E-state index in [9.17, 15) is 5.26 Å². The lowest BCUT2D eigenvalue weighted by atomic mass is 9.80. The maximum atomic E-state index is 9.43. The molecule has 1 atom stereocenters. The molecule has 2 aliphatic rings. The Morgan fingerprint density at radius 2 is 2.21 bits per heavy atom. The van der Waals surface area contributed by atoms with Crippen molar-refractivity contribution >= 4 is 11.3 Å². The molecule has 98 valence electrons. The van der Waals surface area contributed by atoms with Crippen LogP contribution in [0.5, 0.6) is 0 Å². The Hall–Kier alpha value is -1.73. The van der Waals surface area contributed by atoms with Crippen molar-refractivity contribution in [2.24, 2.45) is 5.73 Å². The Labute approximate surface area is 117 Å². The molecule has 1 aliphatic heterocycles. The van der Waals surface area contributed by atoms with E-state index in [0.717, 1.165) is 25.0 Å². The molecule has 0 saturated heterocycles. The third-order valence-electron chi connectivity index (χ3n) is 3.88. The van der Waals surface area contributed by atoms with Crippen LogP contribution in [-0.2, 0) is 4.74 Å². The molecule has 1 aromatic rings. The molecule has 19 heavy (non-hydrogen) atoms. The Balaban J connectivity index is 2.15. The van der Waals surface area contributed by atoms with Crippen molar-refractivity contribution < 1.29 is 4.74 Å². The molecule has 2 N–H and O–H groups in total. The van der Waals surface area contributed by atoms with Crippen molar-refractivity contribution in [2.45, 2.75) is 38.5 Å². The average molecular weight is 272 g/mol. The molecule has 3 rings (SSSR count). The van der Waals surface area contributed by atoms with E-state index in [2.05, 4.69) is 24.4 Å². The van der Waals surface area contributed by atoms with Crippen LogP contribution >= 0.6 is 11.3 Å². The lowest BCUT2D eigenvalue weighted by Gasteiger charge is -2.31. The van der Waals surface area contributed by atoms with Gasteiger partial charge >= 0.3 is 0 Å². The molecule has 2 heterocycles. The van der Waals surface area contributed by atoms with Gasteiger partial charge in [-0.1, -0.05) is 0 Å². The molecular weight excluding hydrogens is 256 g/mol. The first-order valence-corrected chi connectivity index (χ1v) is 7.44. The second kappa shape index (κ2) is 4.75. The number of rotatable bonds is 1. The molecule has 1 unspecified atom stereocenters. The molecule has 1 aromatic heterocycles. The van der Waals surface area contributed by atoms with Crippen LogP contribution in [0.2, 0.25) is 0 Å². The largest absolute Gasteiger partial charge is 0.445 e. The lowest BCUT2D eigenvalue weighted by Crippen LogP contribution is -2.22. The van der Waals surface area contributed by atoms with E-state index in [4.69, 9.17) is 10.5 Å². The number of allylic oxidation sites excluding steroid dienone is 3. The zero-order valence-corrected chi connectivity index (χ0v) is 11.7. The van der Waals surface area contributed by atoms with Crippen LogP contribution in [0.15, 0.2) is 34.2 Å². The van der Waals surface area contributed by atoms with Crippen LogP contribution in [-0.4, -0.2) is 0 Å². The minimum Gasteiger partial charge on any atom is -0.445 e. The fraction of sp³-hybridized carbons (Fsp3) is 0.400. The third-order valence-corrected chi connectivity index (χ3v) is 4.96. The molecule has 0 fully saturated rings. The van der Waals surface area contributed by atoms with Crippen molar-refractivity contribution in [1.29, 1.82) is 5.26 Å². The molecule has 1 aliphatic carbocycles. The minimum atomic E-state index is 0.0223. The third kappa shape index (κ3) is 1.95. The summed E-state index contributed by atoms with van der Waals surface area (Å²) in [5.74, 6) is 1.32. The van der Waals surface area contributed by atoms with Crippen molar-refractivity contribution in [1.82, 2.24) is 0 Å². The van der Waals surface area contributed by atoms with Gasteiger partial charge in [-0.3, -0.25) is 0 Å². The first-order chi connectivity index (χ1) is 9.22. The van der Waals surface area contributed by atoms with E-state index < -0.39 is 0 Å². The highest BCUT2D eigenvalue weighted by molar-refractivity contribution is 7.10. The van der Waals surface area contributed by atoms with Gasteiger partial charge in [0.2, 0.25) is 5.88 Å². The van der Waals surface area contributed by atoms with E-state index in [1.165, 1.54) is 22.4 Å². The Morgan fingerprint density at radius 3 is 2.89 bits per heavy atom. The maximum Gasteiger partial charge on any atom is 0.205 e. The fourth-order valence-electron chi connectivity index (χ4n) is 2.92. The first kappa shape index (κ1) is 12.3. The van der Waals surface area contributed by atoms with Crippen LogP contribution < -0.4 is 5.73 Å². The smallest absolute Gasteiger partial charge is 0.205 e. The maximum absolute atomic E-state index is 9.43. The SMILES string of the molecule is Cc1ccsc1C1C(C#N)=C(N)OC2=C1CCCC2. The summed E-state index contributed by atoms with van der Waals surface area (Å²) in [6, 6.07) is 4.36. The summed E-state index contributed by atoms with van der Waals surface area (Å²) in [6.45, 7) is 2.09. The Kier molecular flexibility index (Phi) is 3.08. The molecule has 0 aromatic carbocycles. The van der Waals surface area contributed by atoms with E-state index in [0.29, 0.717) is 11.5 Å². The molecule has 4 heteroatoms. The van der Waals surface area contributed by atoms with Crippen LogP contribution in [0.4, 0.5) is 0 Å². The van der Waals surface area contributed by atoms with Crippen LogP contribution in [0.1, 0.15) is 42.0 Å². The monoisotopic (exact) mass is 272 g/mol. The summed E-state index contributed by atoms with van der Waals surface area (Å²) in [5.41, 5.74) is 9.02. The molecule has 0 spiro atoms. The van der Waals surface area contributed by atoms with Crippen molar-refractivity contribution in [3.8, 4) is 6.07 Å². The van der Waals surface area contributed by atoms with Crippen molar-refractivity contribution in [3.63, 3.8) is 0 Å². The molecule has 0 radical (unpaired) electrons. The molecule has 0 saturated carbocycles. The van der Waals surface area contributed by atoms with E-state index in [1.807, 2.05) is 0 Å². The van der Waals surface area contributed by atoms with Gasteiger partial charge in [-0.25, -0.2) is 0 Å². The van der Waals surface area contributed by atoms with Gasteiger partial charge in [0.15, 0.2) is 0 Å². The lowest BCUT2D eigenvalue weighted by molar-refractivity contribution is 0.251. The van der Waals surface area contributed by atoms with Gasteiger partial charge in [-0.2, -0.15) is 5.26 Å². The van der Waals surface area contributed by atoms with Crippen LogP contribution in [0, 0.1) is 18.3 Å². The fourth-order valence-corrected chi connectivity index (χ4v) is 3.99. The summed E-state index contributed by atoms with van der Waals surface area (Å²) in [7, 11) is 0. The standard InChI is InChI=1S/C15H16N2OS/c1-9-6-7-19-14(9)13-10-4-2-3-5-12(10)18-15(17)11(13)8-16/h6-7,13H,2-5,17H2,1H3. The minimum absolute atomic E-state index is 0.0223. The molecule has 0 bridgehead atoms. The first-order valence-electron chi connectivity index (χ1n) is 6.56. The highest BCUT2D eigenvalue weighted by Gasteiger charge is 2.34. The average Bonchev–Trinajstić information content (AvgIpc) is 2.83. The number of ether oxygens (including phenoxy) is 1. The summed E-state index contributed by atoms with van der Waals surface area (Å²) < 4.78 is 5.68. The van der Waals surface area contributed by atoms with Crippen molar-refractivity contribution in [3.05, 3.63) is 44.7 Å². The second-order valence-corrected chi connectivity index (χ2v) is 6.00. The van der Waals surface area contributed by atoms with Gasteiger partial charge in [0.25, 0.3) is 0 Å². The van der Waals surface area contributed by atoms with E-state index in [-0.39, 0.29) is 5.92 Å². The van der Waals surface area contributed by atoms with E-state index in [1.54, 1.807) is 11.3 Å². The summed E-state index contributed by atoms with van der Waals surface area (Å²) in [6.07, 6.45) is 4.26. The number of hydrogen-bond acceptors (Lipinski definition) is 4. The summed E-state index contributed by atoms with van der Waals surface area (Å²) in [4.78, 5) is 1.23. The number of thiophene rings is 1. The summed E-state index contributed by atoms with van der Waals surface area (Å²) >= 11 is 1.70.